The van der Waals surface area contributed by atoms with Gasteiger partial charge < -0.3 is 0 Å². The first-order chi connectivity index (χ1) is 4.78. The van der Waals surface area contributed by atoms with Gasteiger partial charge >= 0.3 is 0 Å². The van der Waals surface area contributed by atoms with Crippen molar-refractivity contribution in [3.8, 4) is 0 Å². The van der Waals surface area contributed by atoms with Crippen LogP contribution in [0.1, 0.15) is 19.3 Å². The van der Waals surface area contributed by atoms with Gasteiger partial charge in [-0.15, -0.1) is 0 Å². The Balaban J connectivity index is 2.04. The summed E-state index contributed by atoms with van der Waals surface area (Å²) in [7, 11) is 0. The van der Waals surface area contributed by atoms with E-state index in [0.717, 1.165) is 5.92 Å². The number of rotatable bonds is 0. The molecule has 52 valence electrons. The van der Waals surface area contributed by atoms with Gasteiger partial charge in [0, 0.05) is 11.3 Å². The summed E-state index contributed by atoms with van der Waals surface area (Å²) in [4.78, 5) is 0. The Morgan fingerprint density at radius 2 is 2.30 bits per heavy atom. The minimum atomic E-state index is 0.608. The number of allylic oxidation sites excluding steroid dienone is 3. The summed E-state index contributed by atoms with van der Waals surface area (Å²) >= 11 is 2.48. The van der Waals surface area contributed by atoms with E-state index >= 15 is 0 Å². The molecule has 0 amide bonds. The highest BCUT2D eigenvalue weighted by atomic mass is 127. The van der Waals surface area contributed by atoms with Gasteiger partial charge in [0.1, 0.15) is 0 Å². The smallest absolute Gasteiger partial charge is 0.0258 e. The summed E-state index contributed by atoms with van der Waals surface area (Å²) in [5.41, 5.74) is 3.90. The van der Waals surface area contributed by atoms with Crippen molar-refractivity contribution in [3.63, 3.8) is 0 Å². The van der Waals surface area contributed by atoms with Crippen LogP contribution in [-0.4, -0.2) is 0 Å². The summed E-state index contributed by atoms with van der Waals surface area (Å²) in [6.45, 7) is 4.15. The first-order valence-corrected chi connectivity index (χ1v) is 4.94. The Morgan fingerprint density at radius 1 is 1.60 bits per heavy atom. The van der Waals surface area contributed by atoms with Crippen molar-refractivity contribution >= 4 is 22.6 Å². The Morgan fingerprint density at radius 3 is 2.70 bits per heavy atom. The van der Waals surface area contributed by atoms with Crippen LogP contribution in [-0.2, 0) is 0 Å². The highest BCUT2D eigenvalue weighted by molar-refractivity contribution is 14.1. The Bertz CT molecular complexity index is 274. The maximum atomic E-state index is 4.15. The zero-order chi connectivity index (χ0) is 6.93. The Labute approximate surface area is 74.5 Å². The SMILES string of the molecule is C=C1CCCC12C1=C(I)C12. The summed E-state index contributed by atoms with van der Waals surface area (Å²) in [6, 6.07) is 0. The van der Waals surface area contributed by atoms with Crippen LogP contribution in [0, 0.1) is 11.3 Å². The van der Waals surface area contributed by atoms with Crippen molar-refractivity contribution in [1.29, 1.82) is 0 Å². The normalized spacial score (nSPS) is 48.5. The van der Waals surface area contributed by atoms with Gasteiger partial charge in [0.15, 0.2) is 0 Å². The van der Waals surface area contributed by atoms with Crippen LogP contribution in [0.15, 0.2) is 21.3 Å². The minimum Gasteiger partial charge on any atom is -0.0989 e. The molecule has 2 saturated carbocycles. The lowest BCUT2D eigenvalue weighted by Gasteiger charge is -2.12. The molecule has 3 aliphatic carbocycles. The van der Waals surface area contributed by atoms with Crippen molar-refractivity contribution in [2.24, 2.45) is 11.3 Å². The average molecular weight is 244 g/mol. The van der Waals surface area contributed by atoms with Gasteiger partial charge in [-0.05, 0) is 51.0 Å². The van der Waals surface area contributed by atoms with Crippen LogP contribution in [0.4, 0.5) is 0 Å². The summed E-state index contributed by atoms with van der Waals surface area (Å²) in [5, 5.41) is 0. The fourth-order valence-corrected chi connectivity index (χ4v) is 4.06. The molecule has 0 radical (unpaired) electrons. The van der Waals surface area contributed by atoms with E-state index in [2.05, 4.69) is 29.2 Å². The molecule has 0 aliphatic heterocycles. The molecule has 1 spiro atoms. The zero-order valence-corrected chi connectivity index (χ0v) is 7.94. The molecule has 2 unspecified atom stereocenters. The van der Waals surface area contributed by atoms with Crippen LogP contribution in [0.5, 0.6) is 0 Å². The second-order valence-electron chi connectivity index (χ2n) is 3.62. The van der Waals surface area contributed by atoms with E-state index in [9.17, 15) is 0 Å². The lowest BCUT2D eigenvalue weighted by molar-refractivity contribution is 0.585. The van der Waals surface area contributed by atoms with Crippen LogP contribution < -0.4 is 0 Å². The van der Waals surface area contributed by atoms with E-state index in [4.69, 9.17) is 0 Å². The third-order valence-electron chi connectivity index (χ3n) is 3.29. The lowest BCUT2D eigenvalue weighted by Crippen LogP contribution is -2.03. The largest absolute Gasteiger partial charge is 0.0989 e. The topological polar surface area (TPSA) is 0 Å². The van der Waals surface area contributed by atoms with Crippen LogP contribution in [0.2, 0.25) is 0 Å². The molecule has 0 aromatic rings. The standard InChI is InChI=1S/C9H9I/c1-5-3-2-4-9(5)6-7(9)8(6)10/h6H,1-4H2. The molecule has 2 atom stereocenters. The van der Waals surface area contributed by atoms with E-state index in [-0.39, 0.29) is 0 Å². The summed E-state index contributed by atoms with van der Waals surface area (Å²) < 4.78 is 1.65. The molecule has 0 heterocycles. The van der Waals surface area contributed by atoms with Crippen LogP contribution >= 0.6 is 22.6 Å². The molecular weight excluding hydrogens is 235 g/mol. The van der Waals surface area contributed by atoms with Gasteiger partial charge in [-0.25, -0.2) is 0 Å². The van der Waals surface area contributed by atoms with Gasteiger partial charge in [0.2, 0.25) is 0 Å². The van der Waals surface area contributed by atoms with Gasteiger partial charge in [0.25, 0.3) is 0 Å². The van der Waals surface area contributed by atoms with Crippen molar-refractivity contribution in [2.75, 3.05) is 0 Å². The third-order valence-corrected chi connectivity index (χ3v) is 4.49. The zero-order valence-electron chi connectivity index (χ0n) is 5.78. The number of hydrogen-bond donors (Lipinski definition) is 0. The monoisotopic (exact) mass is 244 g/mol. The second-order valence-corrected chi connectivity index (χ2v) is 4.79. The first-order valence-electron chi connectivity index (χ1n) is 3.87. The predicted octanol–water partition coefficient (Wildman–Crippen LogP) is 3.05. The molecule has 0 saturated heterocycles. The Kier molecular flexibility index (Phi) is 0.802. The lowest BCUT2D eigenvalue weighted by atomic mass is 9.93. The van der Waals surface area contributed by atoms with Crippen LogP contribution in [0.3, 0.4) is 0 Å². The van der Waals surface area contributed by atoms with Crippen molar-refractivity contribution < 1.29 is 0 Å². The van der Waals surface area contributed by atoms with E-state index in [1.807, 2.05) is 0 Å². The third kappa shape index (κ3) is 0.387. The number of fused-ring (bicyclic) bond motifs is 3. The van der Waals surface area contributed by atoms with E-state index in [1.54, 1.807) is 9.15 Å². The molecule has 10 heavy (non-hydrogen) atoms. The molecule has 0 nitrogen and oxygen atoms in total. The van der Waals surface area contributed by atoms with Crippen LogP contribution in [0.25, 0.3) is 0 Å². The molecule has 3 aliphatic rings. The first kappa shape index (κ1) is 5.81. The van der Waals surface area contributed by atoms with Crippen molar-refractivity contribution in [1.82, 2.24) is 0 Å². The molecule has 1 heteroatoms. The summed E-state index contributed by atoms with van der Waals surface area (Å²) in [5.74, 6) is 0.920. The van der Waals surface area contributed by atoms with Crippen molar-refractivity contribution in [2.45, 2.75) is 19.3 Å². The second kappa shape index (κ2) is 1.38. The maximum absolute atomic E-state index is 4.15. The quantitative estimate of drug-likeness (QED) is 0.453. The molecular formula is C9H9I. The fraction of sp³-hybridized carbons (Fsp3) is 0.556. The molecule has 3 rings (SSSR count). The highest BCUT2D eigenvalue weighted by Crippen LogP contribution is 2.84. The van der Waals surface area contributed by atoms with Gasteiger partial charge in [-0.3, -0.25) is 0 Å². The van der Waals surface area contributed by atoms with Gasteiger partial charge in [-0.1, -0.05) is 12.2 Å². The molecule has 0 N–H and O–H groups in total. The van der Waals surface area contributed by atoms with Gasteiger partial charge in [0.05, 0.1) is 0 Å². The molecule has 0 bridgehead atoms. The Hall–Kier alpha value is 0.210. The number of hydrogen-bond acceptors (Lipinski definition) is 0. The van der Waals surface area contributed by atoms with Crippen molar-refractivity contribution in [3.05, 3.63) is 21.3 Å². The van der Waals surface area contributed by atoms with Gasteiger partial charge in [-0.2, -0.15) is 0 Å². The minimum absolute atomic E-state index is 0.608. The molecule has 2 fully saturated rings. The molecule has 0 aromatic carbocycles. The van der Waals surface area contributed by atoms with E-state index in [1.165, 1.54) is 24.8 Å². The fourth-order valence-electron chi connectivity index (χ4n) is 2.58. The average Bonchev–Trinajstić information content (AvgIpc) is 2.71. The molecule has 0 aromatic heterocycles. The van der Waals surface area contributed by atoms with E-state index < -0.39 is 0 Å². The highest BCUT2D eigenvalue weighted by Gasteiger charge is 2.74. The van der Waals surface area contributed by atoms with E-state index in [0.29, 0.717) is 5.41 Å². The summed E-state index contributed by atoms with van der Waals surface area (Å²) in [6.07, 6.45) is 4.10. The predicted molar refractivity (Wildman–Crippen MR) is 50.0 cm³/mol. The number of halogens is 1. The maximum Gasteiger partial charge on any atom is 0.0258 e.